The number of hydrogen-bond acceptors (Lipinski definition) is 2. The standard InChI is InChI=1S/C14H19NO/c1-3-12(14-5-2-8-15-14)9-13(4-1)16-10-11-6-7-11/h1,3-4,9,11,14-15H,2,5-8,10H2. The molecule has 0 bridgehead atoms. The van der Waals surface area contributed by atoms with Gasteiger partial charge in [-0.05, 0) is 55.8 Å². The van der Waals surface area contributed by atoms with E-state index in [1.165, 1.54) is 31.2 Å². The molecule has 1 saturated heterocycles. The lowest BCUT2D eigenvalue weighted by Gasteiger charge is -2.12. The van der Waals surface area contributed by atoms with Crippen molar-refractivity contribution < 1.29 is 4.74 Å². The zero-order valence-electron chi connectivity index (χ0n) is 9.61. The minimum atomic E-state index is 0.546. The van der Waals surface area contributed by atoms with E-state index in [1.807, 2.05) is 0 Å². The highest BCUT2D eigenvalue weighted by Gasteiger charge is 2.22. The average molecular weight is 217 g/mol. The van der Waals surface area contributed by atoms with Crippen LogP contribution >= 0.6 is 0 Å². The fraction of sp³-hybridized carbons (Fsp3) is 0.571. The largest absolute Gasteiger partial charge is 0.493 e. The first-order valence-electron chi connectivity index (χ1n) is 6.38. The maximum Gasteiger partial charge on any atom is 0.119 e. The topological polar surface area (TPSA) is 21.3 Å². The SMILES string of the molecule is c1cc(OCC2CC2)cc(C2CCCN2)c1. The van der Waals surface area contributed by atoms with Crippen LogP contribution in [0.4, 0.5) is 0 Å². The van der Waals surface area contributed by atoms with Crippen molar-refractivity contribution in [3.63, 3.8) is 0 Å². The van der Waals surface area contributed by atoms with E-state index in [1.54, 1.807) is 0 Å². The number of benzene rings is 1. The Morgan fingerprint density at radius 3 is 2.94 bits per heavy atom. The quantitative estimate of drug-likeness (QED) is 0.837. The highest BCUT2D eigenvalue weighted by atomic mass is 16.5. The van der Waals surface area contributed by atoms with Crippen LogP contribution < -0.4 is 10.1 Å². The molecule has 1 unspecified atom stereocenters. The summed E-state index contributed by atoms with van der Waals surface area (Å²) in [4.78, 5) is 0. The Balaban J connectivity index is 1.65. The van der Waals surface area contributed by atoms with Gasteiger partial charge in [0.15, 0.2) is 0 Å². The normalized spacial score (nSPS) is 24.6. The van der Waals surface area contributed by atoms with Gasteiger partial charge in [0, 0.05) is 6.04 Å². The molecule has 0 amide bonds. The van der Waals surface area contributed by atoms with Crippen molar-refractivity contribution in [2.24, 2.45) is 5.92 Å². The second-order valence-electron chi connectivity index (χ2n) is 4.98. The second-order valence-corrected chi connectivity index (χ2v) is 4.98. The Labute approximate surface area is 97.0 Å². The molecule has 1 aliphatic carbocycles. The molecule has 2 heteroatoms. The summed E-state index contributed by atoms with van der Waals surface area (Å²) < 4.78 is 5.80. The Bertz CT molecular complexity index is 354. The first-order valence-corrected chi connectivity index (χ1v) is 6.38. The second kappa shape index (κ2) is 4.46. The molecule has 2 nitrogen and oxygen atoms in total. The molecule has 1 N–H and O–H groups in total. The van der Waals surface area contributed by atoms with Crippen LogP contribution in [-0.2, 0) is 0 Å². The monoisotopic (exact) mass is 217 g/mol. The van der Waals surface area contributed by atoms with Crippen molar-refractivity contribution in [3.8, 4) is 5.75 Å². The van der Waals surface area contributed by atoms with E-state index >= 15 is 0 Å². The van der Waals surface area contributed by atoms with E-state index in [9.17, 15) is 0 Å². The molecule has 0 spiro atoms. The van der Waals surface area contributed by atoms with E-state index < -0.39 is 0 Å². The summed E-state index contributed by atoms with van der Waals surface area (Å²) >= 11 is 0. The third kappa shape index (κ3) is 2.38. The van der Waals surface area contributed by atoms with Gasteiger partial charge in [0.2, 0.25) is 0 Å². The van der Waals surface area contributed by atoms with Gasteiger partial charge >= 0.3 is 0 Å². The molecule has 16 heavy (non-hydrogen) atoms. The molecule has 1 aromatic rings. The summed E-state index contributed by atoms with van der Waals surface area (Å²) in [5.74, 6) is 1.87. The van der Waals surface area contributed by atoms with Crippen LogP contribution in [0, 0.1) is 5.92 Å². The van der Waals surface area contributed by atoms with Gasteiger partial charge in [-0.3, -0.25) is 0 Å². The number of hydrogen-bond donors (Lipinski definition) is 1. The highest BCUT2D eigenvalue weighted by molar-refractivity contribution is 5.31. The summed E-state index contributed by atoms with van der Waals surface area (Å²) in [5, 5.41) is 3.52. The van der Waals surface area contributed by atoms with Crippen molar-refractivity contribution >= 4 is 0 Å². The van der Waals surface area contributed by atoms with Gasteiger partial charge in [0.05, 0.1) is 6.61 Å². The predicted molar refractivity (Wildman–Crippen MR) is 64.6 cm³/mol. The van der Waals surface area contributed by atoms with Crippen LogP contribution in [0.15, 0.2) is 24.3 Å². The van der Waals surface area contributed by atoms with Crippen LogP contribution in [0.25, 0.3) is 0 Å². The smallest absolute Gasteiger partial charge is 0.119 e. The predicted octanol–water partition coefficient (Wildman–Crippen LogP) is 2.90. The molecule has 1 saturated carbocycles. The molecule has 1 aliphatic heterocycles. The maximum absolute atomic E-state index is 5.80. The van der Waals surface area contributed by atoms with E-state index in [4.69, 9.17) is 4.74 Å². The molecular formula is C14H19NO. The zero-order chi connectivity index (χ0) is 10.8. The van der Waals surface area contributed by atoms with Crippen molar-refractivity contribution in [3.05, 3.63) is 29.8 Å². The molecule has 0 aromatic heterocycles. The Kier molecular flexibility index (Phi) is 2.83. The van der Waals surface area contributed by atoms with Gasteiger partial charge in [0.1, 0.15) is 5.75 Å². The molecule has 1 heterocycles. The first-order chi connectivity index (χ1) is 7.92. The Morgan fingerprint density at radius 2 is 2.19 bits per heavy atom. The molecule has 86 valence electrons. The zero-order valence-corrected chi connectivity index (χ0v) is 9.61. The average Bonchev–Trinajstić information content (AvgIpc) is 2.99. The lowest BCUT2D eigenvalue weighted by atomic mass is 10.1. The van der Waals surface area contributed by atoms with Gasteiger partial charge < -0.3 is 10.1 Å². The van der Waals surface area contributed by atoms with Crippen LogP contribution in [0.1, 0.15) is 37.3 Å². The minimum absolute atomic E-state index is 0.546. The van der Waals surface area contributed by atoms with Gasteiger partial charge in [-0.1, -0.05) is 12.1 Å². The third-order valence-electron chi connectivity index (χ3n) is 3.50. The van der Waals surface area contributed by atoms with Crippen molar-refractivity contribution in [1.82, 2.24) is 5.32 Å². The van der Waals surface area contributed by atoms with Crippen LogP contribution in [0.2, 0.25) is 0 Å². The summed E-state index contributed by atoms with van der Waals surface area (Å²) in [6.07, 6.45) is 5.25. The third-order valence-corrected chi connectivity index (χ3v) is 3.50. The maximum atomic E-state index is 5.80. The molecule has 1 atom stereocenters. The van der Waals surface area contributed by atoms with E-state index in [0.717, 1.165) is 24.8 Å². The fourth-order valence-electron chi connectivity index (χ4n) is 2.29. The van der Waals surface area contributed by atoms with Crippen LogP contribution in [0.3, 0.4) is 0 Å². The first kappa shape index (κ1) is 10.2. The summed E-state index contributed by atoms with van der Waals surface area (Å²) in [6, 6.07) is 9.13. The van der Waals surface area contributed by atoms with Crippen molar-refractivity contribution in [2.45, 2.75) is 31.7 Å². The Morgan fingerprint density at radius 1 is 1.25 bits per heavy atom. The molecule has 1 aromatic carbocycles. The summed E-state index contributed by atoms with van der Waals surface area (Å²) in [5.41, 5.74) is 1.38. The van der Waals surface area contributed by atoms with Gasteiger partial charge in [-0.2, -0.15) is 0 Å². The molecular weight excluding hydrogens is 198 g/mol. The van der Waals surface area contributed by atoms with E-state index in [2.05, 4.69) is 29.6 Å². The number of rotatable bonds is 4. The van der Waals surface area contributed by atoms with Gasteiger partial charge in [0.25, 0.3) is 0 Å². The minimum Gasteiger partial charge on any atom is -0.493 e. The lowest BCUT2D eigenvalue weighted by Crippen LogP contribution is -2.12. The molecule has 2 aliphatic rings. The van der Waals surface area contributed by atoms with Crippen LogP contribution in [-0.4, -0.2) is 13.2 Å². The van der Waals surface area contributed by atoms with Gasteiger partial charge in [-0.15, -0.1) is 0 Å². The molecule has 0 radical (unpaired) electrons. The molecule has 3 rings (SSSR count). The Hall–Kier alpha value is -1.02. The summed E-state index contributed by atoms with van der Waals surface area (Å²) in [6.45, 7) is 2.05. The van der Waals surface area contributed by atoms with Crippen LogP contribution in [0.5, 0.6) is 5.75 Å². The molecule has 2 fully saturated rings. The van der Waals surface area contributed by atoms with Gasteiger partial charge in [-0.25, -0.2) is 0 Å². The number of nitrogens with one attached hydrogen (secondary N) is 1. The highest BCUT2D eigenvalue weighted by Crippen LogP contribution is 2.30. The lowest BCUT2D eigenvalue weighted by molar-refractivity contribution is 0.299. The fourth-order valence-corrected chi connectivity index (χ4v) is 2.29. The van der Waals surface area contributed by atoms with E-state index in [0.29, 0.717) is 6.04 Å². The van der Waals surface area contributed by atoms with Crippen molar-refractivity contribution in [2.75, 3.05) is 13.2 Å². The number of ether oxygens (including phenoxy) is 1. The van der Waals surface area contributed by atoms with Crippen molar-refractivity contribution in [1.29, 1.82) is 0 Å². The summed E-state index contributed by atoms with van der Waals surface area (Å²) in [7, 11) is 0. The van der Waals surface area contributed by atoms with E-state index in [-0.39, 0.29) is 0 Å².